The molecule has 6 heteroatoms. The van der Waals surface area contributed by atoms with Gasteiger partial charge in [-0.1, -0.05) is 103 Å². The summed E-state index contributed by atoms with van der Waals surface area (Å²) >= 11 is 0. The molecule has 3 rings (SSSR count). The summed E-state index contributed by atoms with van der Waals surface area (Å²) in [6.45, 7) is 17.9. The van der Waals surface area contributed by atoms with Crippen LogP contribution < -0.4 is 26.6 Å². The van der Waals surface area contributed by atoms with Gasteiger partial charge in [-0.3, -0.25) is 4.79 Å². The Hall–Kier alpha value is -3.42. The Kier molecular flexibility index (Phi) is 13.1. The molecule has 1 heterocycles. The van der Waals surface area contributed by atoms with Gasteiger partial charge in [-0.25, -0.2) is 0 Å². The first kappa shape index (κ1) is 32.1. The van der Waals surface area contributed by atoms with Crippen LogP contribution in [0.15, 0.2) is 43.1 Å². The molecule has 0 aliphatic heterocycles. The third-order valence-corrected chi connectivity index (χ3v) is 8.58. The first-order valence-electron chi connectivity index (χ1n) is 15.7. The molecule has 41 heavy (non-hydrogen) atoms. The van der Waals surface area contributed by atoms with Gasteiger partial charge in [0.25, 0.3) is 0 Å². The lowest BCUT2D eigenvalue weighted by Crippen LogP contribution is -2.47. The van der Waals surface area contributed by atoms with Gasteiger partial charge in [0.15, 0.2) is 6.19 Å². The minimum Gasteiger partial charge on any atom is -0.380 e. The van der Waals surface area contributed by atoms with Gasteiger partial charge in [0.1, 0.15) is 6.17 Å². The number of hydrogen-bond acceptors (Lipinski definition) is 4. The van der Waals surface area contributed by atoms with Gasteiger partial charge in [-0.05, 0) is 43.9 Å². The van der Waals surface area contributed by atoms with Crippen molar-refractivity contribution < 1.29 is 4.79 Å². The number of rotatable bonds is 18. The Bertz CT molecular complexity index is 1310. The Morgan fingerprint density at radius 1 is 1.07 bits per heavy atom. The normalized spacial score (nSPS) is 14.9. The Balaban J connectivity index is 1.39. The van der Waals surface area contributed by atoms with Gasteiger partial charge < -0.3 is 20.5 Å². The highest BCUT2D eigenvalue weighted by Gasteiger charge is 2.27. The Morgan fingerprint density at radius 2 is 1.73 bits per heavy atom. The van der Waals surface area contributed by atoms with Gasteiger partial charge >= 0.3 is 0 Å². The standard InChI is InChI=1S/C35H51N5O/c1-6-33-32-21-15-14-20-31(32)28(5)40(33)22-16-10-8-7-9-11-19-30(29-17-12-13-18-29)27(4)37-24-35(41)39-34(38-25-36)23-26(2)3/h14-15,20-21,26,29-30,34,37-38H,1,4-5,7-13,16-19,22-24H2,2-3H3,(H,39,41). The van der Waals surface area contributed by atoms with Crippen LogP contribution in [0.2, 0.25) is 0 Å². The smallest absolute Gasteiger partial charge is 0.240 e. The molecule has 1 amide bonds. The van der Waals surface area contributed by atoms with E-state index in [1.54, 1.807) is 0 Å². The molecule has 1 aromatic carbocycles. The van der Waals surface area contributed by atoms with E-state index in [2.05, 4.69) is 84.1 Å². The van der Waals surface area contributed by atoms with Crippen LogP contribution in [-0.2, 0) is 11.3 Å². The average molecular weight is 558 g/mol. The first-order chi connectivity index (χ1) is 19.8. The monoisotopic (exact) mass is 557 g/mol. The molecule has 6 nitrogen and oxygen atoms in total. The number of unbranched alkanes of at least 4 members (excludes halogenated alkanes) is 5. The van der Waals surface area contributed by atoms with Crippen LogP contribution in [-0.4, -0.2) is 23.2 Å². The van der Waals surface area contributed by atoms with Crippen molar-refractivity contribution in [3.05, 3.63) is 53.8 Å². The number of nitriles is 1. The molecular weight excluding hydrogens is 506 g/mol. The van der Waals surface area contributed by atoms with E-state index in [0.717, 1.165) is 35.8 Å². The summed E-state index contributed by atoms with van der Waals surface area (Å²) in [5.41, 5.74) is 4.13. The summed E-state index contributed by atoms with van der Waals surface area (Å²) in [6.07, 6.45) is 15.8. The van der Waals surface area contributed by atoms with Crippen molar-refractivity contribution in [3.8, 4) is 6.19 Å². The third-order valence-electron chi connectivity index (χ3n) is 8.58. The van der Waals surface area contributed by atoms with Gasteiger partial charge in [0.2, 0.25) is 5.91 Å². The van der Waals surface area contributed by atoms with Gasteiger partial charge in [0, 0.05) is 34.3 Å². The Labute approximate surface area is 247 Å². The number of allylic oxidation sites excluding steroid dienone is 1. The third kappa shape index (κ3) is 9.58. The fraction of sp³-hybridized carbons (Fsp3) is 0.571. The maximum atomic E-state index is 12.6. The van der Waals surface area contributed by atoms with Gasteiger partial charge in [0.05, 0.1) is 11.9 Å². The quantitative estimate of drug-likeness (QED) is 0.0934. The first-order valence-corrected chi connectivity index (χ1v) is 15.7. The summed E-state index contributed by atoms with van der Waals surface area (Å²) in [5, 5.41) is 22.4. The molecule has 1 aliphatic carbocycles. The van der Waals surface area contributed by atoms with Crippen LogP contribution >= 0.6 is 0 Å². The molecule has 0 radical (unpaired) electrons. The topological polar surface area (TPSA) is 81.9 Å². The molecule has 2 atom stereocenters. The molecule has 1 saturated carbocycles. The SMILES string of the molecule is C=C=c1c2ccccc2c(=C)n1CCCCCCCCC(C(=C)NCC(=O)NC(CC(C)C)NC#N)C1CCCC1. The van der Waals surface area contributed by atoms with E-state index in [9.17, 15) is 4.79 Å². The van der Waals surface area contributed by atoms with E-state index in [1.807, 2.05) is 6.19 Å². The number of amides is 1. The van der Waals surface area contributed by atoms with Crippen molar-refractivity contribution >= 4 is 29.0 Å². The number of fused-ring (bicyclic) bond motifs is 1. The molecule has 3 N–H and O–H groups in total. The molecule has 2 aromatic rings. The molecule has 0 spiro atoms. The second-order valence-electron chi connectivity index (χ2n) is 12.1. The summed E-state index contributed by atoms with van der Waals surface area (Å²) in [4.78, 5) is 12.6. The van der Waals surface area contributed by atoms with E-state index in [1.165, 1.54) is 68.6 Å². The highest BCUT2D eigenvalue weighted by molar-refractivity contribution is 5.83. The molecule has 1 fully saturated rings. The molecule has 222 valence electrons. The summed E-state index contributed by atoms with van der Waals surface area (Å²) in [5.74, 6) is 1.35. The number of nitrogens with zero attached hydrogens (tertiary/aromatic N) is 2. The largest absolute Gasteiger partial charge is 0.380 e. The van der Waals surface area contributed by atoms with Crippen LogP contribution in [0, 0.1) is 29.2 Å². The number of nitrogens with one attached hydrogen (secondary N) is 3. The van der Waals surface area contributed by atoms with Crippen molar-refractivity contribution in [2.45, 2.75) is 104 Å². The number of carbonyl (C=O) groups excluding carboxylic acids is 1. The van der Waals surface area contributed by atoms with E-state index in [-0.39, 0.29) is 18.6 Å². The molecular formula is C35H51N5O. The van der Waals surface area contributed by atoms with Gasteiger partial charge in [-0.2, -0.15) is 5.26 Å². The van der Waals surface area contributed by atoms with Crippen molar-refractivity contribution in [3.63, 3.8) is 0 Å². The van der Waals surface area contributed by atoms with Crippen LogP contribution in [0.1, 0.15) is 90.9 Å². The maximum Gasteiger partial charge on any atom is 0.240 e. The maximum absolute atomic E-state index is 12.6. The number of hydrogen-bond donors (Lipinski definition) is 3. The van der Waals surface area contributed by atoms with Crippen LogP contribution in [0.5, 0.6) is 0 Å². The lowest BCUT2D eigenvalue weighted by molar-refractivity contribution is -0.121. The molecule has 0 bridgehead atoms. The molecule has 1 aliphatic rings. The molecule has 1 aromatic heterocycles. The highest BCUT2D eigenvalue weighted by Crippen LogP contribution is 2.37. The average Bonchev–Trinajstić information content (AvgIpc) is 3.57. The van der Waals surface area contributed by atoms with Crippen molar-refractivity contribution in [2.24, 2.45) is 17.8 Å². The van der Waals surface area contributed by atoms with Crippen LogP contribution in [0.3, 0.4) is 0 Å². The van der Waals surface area contributed by atoms with E-state index < -0.39 is 0 Å². The molecule has 2 unspecified atom stereocenters. The fourth-order valence-corrected chi connectivity index (χ4v) is 6.47. The van der Waals surface area contributed by atoms with E-state index in [4.69, 9.17) is 5.26 Å². The second-order valence-corrected chi connectivity index (χ2v) is 12.1. The molecule has 0 saturated heterocycles. The van der Waals surface area contributed by atoms with Gasteiger partial charge in [-0.15, -0.1) is 5.73 Å². The lowest BCUT2D eigenvalue weighted by Gasteiger charge is -2.27. The summed E-state index contributed by atoms with van der Waals surface area (Å²) < 4.78 is 2.27. The lowest BCUT2D eigenvalue weighted by atomic mass is 9.84. The van der Waals surface area contributed by atoms with E-state index >= 15 is 0 Å². The van der Waals surface area contributed by atoms with Crippen LogP contribution in [0.4, 0.5) is 0 Å². The second kappa shape index (κ2) is 16.7. The summed E-state index contributed by atoms with van der Waals surface area (Å²) in [6, 6.07) is 8.38. The number of aromatic nitrogens is 1. The predicted octanol–water partition coefficient (Wildman–Crippen LogP) is 5.82. The minimum atomic E-state index is -0.334. The fourth-order valence-electron chi connectivity index (χ4n) is 6.47. The highest BCUT2D eigenvalue weighted by atomic mass is 16.2. The van der Waals surface area contributed by atoms with E-state index in [0.29, 0.717) is 24.2 Å². The predicted molar refractivity (Wildman–Crippen MR) is 171 cm³/mol. The zero-order valence-corrected chi connectivity index (χ0v) is 25.4. The van der Waals surface area contributed by atoms with Crippen molar-refractivity contribution in [1.82, 2.24) is 20.5 Å². The zero-order valence-electron chi connectivity index (χ0n) is 25.4. The van der Waals surface area contributed by atoms with Crippen molar-refractivity contribution in [1.29, 1.82) is 5.26 Å². The number of benzene rings is 1. The number of carbonyl (C=O) groups is 1. The summed E-state index contributed by atoms with van der Waals surface area (Å²) in [7, 11) is 0. The zero-order chi connectivity index (χ0) is 29.6. The van der Waals surface area contributed by atoms with Crippen molar-refractivity contribution in [2.75, 3.05) is 6.54 Å². The Morgan fingerprint density at radius 3 is 2.39 bits per heavy atom. The minimum absolute atomic E-state index is 0.109. The van der Waals surface area contributed by atoms with Crippen LogP contribution in [0.25, 0.3) is 23.1 Å².